The summed E-state index contributed by atoms with van der Waals surface area (Å²) in [7, 11) is -10.7. The molecule has 0 aliphatic carbocycles. The Labute approximate surface area is 390 Å². The van der Waals surface area contributed by atoms with Crippen molar-refractivity contribution >= 4 is 82.4 Å². The summed E-state index contributed by atoms with van der Waals surface area (Å²) < 4.78 is 118. The normalized spacial score (nSPS) is 10.5. The van der Waals surface area contributed by atoms with E-state index in [0.717, 1.165) is 19.0 Å². The molecule has 18 heteroatoms. The van der Waals surface area contributed by atoms with E-state index in [0.29, 0.717) is 0 Å². The van der Waals surface area contributed by atoms with Crippen LogP contribution in [-0.2, 0) is 72.6 Å². The standard InChI is InChI=1S/4C9H7.2C2H7Si.2CHF3O3S.2Zr/c4*1-2-5-9-7-3-6-8(9)4-1;2*1-3-2;2*2-1(3,4)8(5,6)7;;/h4*1-7H;2*3H,1-2H3;2*(H,5,6,7);;/q4*-1;;;;;2*+3/p-2. The number of rotatable bonds is 0. The largest absolute Gasteiger partial charge is 3.00 e. The summed E-state index contributed by atoms with van der Waals surface area (Å²) in [6.45, 7) is 8.83. The van der Waals surface area contributed by atoms with E-state index in [1.807, 2.05) is 0 Å². The molecule has 0 aromatic heterocycles. The third-order valence-corrected chi connectivity index (χ3v) is 7.89. The number of alkyl halides is 6. The molecule has 316 valence electrons. The van der Waals surface area contributed by atoms with E-state index in [1.54, 1.807) is 0 Å². The Hall–Kier alpha value is -3.08. The van der Waals surface area contributed by atoms with Crippen molar-refractivity contribution in [2.75, 3.05) is 0 Å². The molecule has 0 saturated heterocycles. The number of fused-ring (bicyclic) bond motifs is 4. The van der Waals surface area contributed by atoms with Crippen LogP contribution in [0.1, 0.15) is 0 Å². The fourth-order valence-corrected chi connectivity index (χ4v) is 4.28. The second-order valence-corrected chi connectivity index (χ2v) is 16.6. The molecule has 0 saturated carbocycles. The van der Waals surface area contributed by atoms with Crippen molar-refractivity contribution < 1.29 is 105 Å². The minimum atomic E-state index is -6.09. The maximum absolute atomic E-state index is 10.7. The maximum Gasteiger partial charge on any atom is 3.00 e. The predicted molar refractivity (Wildman–Crippen MR) is 227 cm³/mol. The van der Waals surface area contributed by atoms with Crippen LogP contribution in [0.5, 0.6) is 0 Å². The van der Waals surface area contributed by atoms with E-state index in [1.165, 1.54) is 43.1 Å². The zero-order valence-electron chi connectivity index (χ0n) is 32.9. The zero-order chi connectivity index (χ0) is 43.8. The van der Waals surface area contributed by atoms with Crippen LogP contribution in [0.3, 0.4) is 0 Å². The number of halogens is 6. The predicted octanol–water partition coefficient (Wildman–Crippen LogP) is 11.4. The van der Waals surface area contributed by atoms with Crippen molar-refractivity contribution in [1.29, 1.82) is 0 Å². The molecule has 0 atom stereocenters. The molecule has 8 rings (SSSR count). The van der Waals surface area contributed by atoms with Gasteiger partial charge in [0.25, 0.3) is 0 Å². The fraction of sp³-hybridized carbons (Fsp3) is 0.143. The van der Waals surface area contributed by atoms with Crippen LogP contribution in [0.4, 0.5) is 26.3 Å². The van der Waals surface area contributed by atoms with Gasteiger partial charge in [-0.3, -0.25) is 0 Å². The quantitative estimate of drug-likeness (QED) is 0.0491. The van der Waals surface area contributed by atoms with Crippen molar-refractivity contribution in [2.45, 2.75) is 37.2 Å². The van der Waals surface area contributed by atoms with Gasteiger partial charge in [0.15, 0.2) is 20.2 Å². The second-order valence-electron chi connectivity index (χ2n) is 11.6. The molecule has 0 fully saturated rings. The van der Waals surface area contributed by atoms with Gasteiger partial charge in [0.05, 0.1) is 0 Å². The average Bonchev–Trinajstić information content (AvgIpc) is 3.99. The van der Waals surface area contributed by atoms with Gasteiger partial charge in [0.1, 0.15) is 0 Å². The van der Waals surface area contributed by atoms with Crippen LogP contribution < -0.4 is 0 Å². The summed E-state index contributed by atoms with van der Waals surface area (Å²) in [6, 6.07) is 58.7. The van der Waals surface area contributed by atoms with E-state index in [9.17, 15) is 26.3 Å². The molecule has 0 spiro atoms. The number of benzene rings is 4. The minimum absolute atomic E-state index is 0. The van der Waals surface area contributed by atoms with Crippen LogP contribution in [0, 0.1) is 0 Å². The van der Waals surface area contributed by atoms with Crippen molar-refractivity contribution in [3.8, 4) is 0 Å². The Morgan fingerprint density at radius 2 is 0.550 bits per heavy atom. The Morgan fingerprint density at radius 3 is 0.683 bits per heavy atom. The van der Waals surface area contributed by atoms with Crippen molar-refractivity contribution in [3.63, 3.8) is 0 Å². The summed E-state index contributed by atoms with van der Waals surface area (Å²) in [6.07, 6.45) is 0. The molecule has 60 heavy (non-hydrogen) atoms. The Morgan fingerprint density at radius 1 is 0.400 bits per heavy atom. The Balaban J connectivity index is 0. The minimum Gasteiger partial charge on any atom is -0.741 e. The Kier molecular flexibility index (Phi) is 29.6. The Bertz CT molecular complexity index is 2100. The van der Waals surface area contributed by atoms with Gasteiger partial charge in [-0.2, -0.15) is 96.4 Å². The first kappa shape index (κ1) is 59.0. The van der Waals surface area contributed by atoms with Crippen LogP contribution in [0.2, 0.25) is 26.2 Å². The van der Waals surface area contributed by atoms with E-state index in [2.05, 4.69) is 196 Å². The molecule has 8 aromatic carbocycles. The van der Waals surface area contributed by atoms with Crippen molar-refractivity contribution in [1.82, 2.24) is 0 Å². The number of hydrogen-bond donors (Lipinski definition) is 0. The molecule has 6 nitrogen and oxygen atoms in total. The molecule has 0 aliphatic rings. The van der Waals surface area contributed by atoms with Crippen LogP contribution >= 0.6 is 0 Å². The van der Waals surface area contributed by atoms with E-state index < -0.39 is 31.3 Å². The van der Waals surface area contributed by atoms with Crippen LogP contribution in [0.15, 0.2) is 170 Å². The molecule has 0 N–H and O–H groups in total. The summed E-state index contributed by atoms with van der Waals surface area (Å²) in [5.41, 5.74) is -11.3. The monoisotopic (exact) mass is 1060 g/mol. The van der Waals surface area contributed by atoms with Gasteiger partial charge in [-0.05, 0) is 0 Å². The summed E-state index contributed by atoms with van der Waals surface area (Å²) >= 11 is 0. The summed E-state index contributed by atoms with van der Waals surface area (Å²) in [5, 5.41) is 10.6. The van der Waals surface area contributed by atoms with Gasteiger partial charge >= 0.3 is 63.4 Å². The zero-order valence-corrected chi connectivity index (χ0v) is 41.7. The third-order valence-electron chi connectivity index (χ3n) is 6.76. The van der Waals surface area contributed by atoms with Crippen molar-refractivity contribution in [3.05, 3.63) is 170 Å². The van der Waals surface area contributed by atoms with Gasteiger partial charge in [-0.15, -0.1) is 119 Å². The van der Waals surface area contributed by atoms with E-state index >= 15 is 0 Å². The molecular formula is C42H42F6O6S2Si2Zr2. The molecule has 4 radical (unpaired) electrons. The van der Waals surface area contributed by atoms with Crippen molar-refractivity contribution in [2.24, 2.45) is 0 Å². The van der Waals surface area contributed by atoms with Crippen LogP contribution in [-0.4, -0.2) is 56.0 Å². The van der Waals surface area contributed by atoms with E-state index in [4.69, 9.17) is 25.9 Å². The van der Waals surface area contributed by atoms with Gasteiger partial charge in [0.2, 0.25) is 0 Å². The summed E-state index contributed by atoms with van der Waals surface area (Å²) in [5.74, 6) is 0. The second kappa shape index (κ2) is 30.0. The maximum atomic E-state index is 10.7. The topological polar surface area (TPSA) is 114 Å². The third kappa shape index (κ3) is 23.2. The SMILES string of the molecule is C[SiH]C.C[SiH]C.O=S(=O)([O-])C(F)(F)F.O=S(=O)([O-])C(F)(F)F.[Zr+3].[Zr+3].c1ccc2[cH-]ccc2c1.c1ccc2[cH-]ccc2c1.c1ccc2[cH-]ccc2c1.c1ccc2[cH-]ccc2c1. The first-order valence-corrected chi connectivity index (χ1v) is 24.6. The number of hydrogen-bond acceptors (Lipinski definition) is 6. The molecular weight excluding hydrogens is 1020 g/mol. The van der Waals surface area contributed by atoms with E-state index in [-0.39, 0.29) is 52.4 Å². The van der Waals surface area contributed by atoms with Crippen LogP contribution in [0.25, 0.3) is 43.1 Å². The first-order valence-electron chi connectivity index (χ1n) is 17.1. The van der Waals surface area contributed by atoms with Gasteiger partial charge in [-0.1, -0.05) is 50.5 Å². The molecule has 0 bridgehead atoms. The smallest absolute Gasteiger partial charge is 0.741 e. The molecule has 0 heterocycles. The molecule has 0 aliphatic heterocycles. The molecule has 0 amide bonds. The first-order chi connectivity index (χ1) is 27.2. The van der Waals surface area contributed by atoms with Gasteiger partial charge in [-0.25, -0.2) is 16.8 Å². The van der Waals surface area contributed by atoms with Gasteiger partial charge in [0, 0.05) is 19.0 Å². The molecule has 0 unspecified atom stereocenters. The summed E-state index contributed by atoms with van der Waals surface area (Å²) in [4.78, 5) is 0. The average molecular weight is 1060 g/mol. The fourth-order valence-electron chi connectivity index (χ4n) is 4.28. The van der Waals surface area contributed by atoms with Gasteiger partial charge < -0.3 is 9.11 Å². The molecule has 8 aromatic rings.